The Hall–Kier alpha value is -11.5. The van der Waals surface area contributed by atoms with E-state index in [2.05, 4.69) is 100 Å². The van der Waals surface area contributed by atoms with Gasteiger partial charge in [0.05, 0.1) is 12.0 Å². The number of fused-ring (bicyclic) bond motifs is 9. The molecule has 10 aromatic rings. The maximum atomic E-state index is 11.8. The molecule has 0 saturated heterocycles. The maximum absolute atomic E-state index is 11.8. The molecule has 1 N–H and O–H groups in total. The summed E-state index contributed by atoms with van der Waals surface area (Å²) in [5.41, 5.74) is 23.7. The zero-order valence-electron chi connectivity index (χ0n) is 86.2. The molecule has 0 spiro atoms. The van der Waals surface area contributed by atoms with E-state index < -0.39 is 5.92 Å². The molecule has 5 unspecified atom stereocenters. The number of aryl methyl sites for hydroxylation is 2. The van der Waals surface area contributed by atoms with E-state index in [1.165, 1.54) is 51.8 Å². The number of carbonyl (C=O) groups is 8. The van der Waals surface area contributed by atoms with Gasteiger partial charge in [0, 0.05) is 68.7 Å². The van der Waals surface area contributed by atoms with E-state index in [0.717, 1.165) is 119 Å². The summed E-state index contributed by atoms with van der Waals surface area (Å²) in [7, 11) is 0. The fraction of sp³-hybridized carbons (Fsp3) is 0.382. The van der Waals surface area contributed by atoms with Crippen LogP contribution >= 0.6 is 0 Å². The Morgan fingerprint density at radius 3 is 1.16 bits per heavy atom. The monoisotopic (exact) mass is 1790 g/mol. The van der Waals surface area contributed by atoms with Crippen LogP contribution in [0.1, 0.15) is 370 Å². The first-order valence-electron chi connectivity index (χ1n) is 49.5. The van der Waals surface area contributed by atoms with E-state index in [1.807, 2.05) is 337 Å². The zero-order valence-corrected chi connectivity index (χ0v) is 86.2. The lowest BCUT2D eigenvalue weighted by atomic mass is 9.84. The van der Waals surface area contributed by atoms with Crippen LogP contribution in [0, 0.1) is 35.5 Å². The average molecular weight is 1790 g/mol. The van der Waals surface area contributed by atoms with Crippen LogP contribution in [0.2, 0.25) is 0 Å². The molecule has 0 aliphatic heterocycles. The SMILES string of the molecule is C/C=C/C(=O)c1ccccc1.C=C1Cc2ccccc2C1=O.CC.CC.CC.CC.CC.CC.CC.CC.CC.CC.CC1=Cc2ccccc2C1.CC1=Cc2ccccc2C1=O.CC1C(=O)c2ccccc2C1=O.CC1CCCc2ccccc2C1=O.CC1CCc2ccccc2C1=O.CC1Cc2ccccc2C1.CC1Cc2ccccc2C1=O.CC1Cc2ccccc2C1O. The highest BCUT2D eigenvalue weighted by Gasteiger charge is 2.35. The van der Waals surface area contributed by atoms with Gasteiger partial charge in [-0.1, -0.05) is 446 Å². The lowest BCUT2D eigenvalue weighted by Crippen LogP contribution is -2.19. The average Bonchev–Trinajstić information content (AvgIpc) is 1.65. The van der Waals surface area contributed by atoms with Crippen LogP contribution in [-0.4, -0.2) is 51.4 Å². The fourth-order valence-electron chi connectivity index (χ4n) is 15.4. The Kier molecular flexibility index (Phi) is 63.3. The summed E-state index contributed by atoms with van der Waals surface area (Å²) < 4.78 is 0. The molecule has 0 aromatic heterocycles. The molecule has 0 amide bonds. The second-order valence-corrected chi connectivity index (χ2v) is 30.6. The van der Waals surface area contributed by atoms with Crippen molar-refractivity contribution in [3.63, 3.8) is 0 Å². The number of carbonyl (C=O) groups excluding carboxylic acids is 8. The van der Waals surface area contributed by atoms with Crippen molar-refractivity contribution in [2.75, 3.05) is 0 Å². The third kappa shape index (κ3) is 37.3. The summed E-state index contributed by atoms with van der Waals surface area (Å²) in [4.78, 5) is 91.4. The minimum atomic E-state index is -0.470. The third-order valence-electron chi connectivity index (χ3n) is 21.8. The molecular weight excluding hydrogens is 1620 g/mol. The maximum Gasteiger partial charge on any atom is 0.189 e. The summed E-state index contributed by atoms with van der Waals surface area (Å²) in [6, 6.07) is 80.8. The van der Waals surface area contributed by atoms with Gasteiger partial charge in [0.25, 0.3) is 0 Å². The topological polar surface area (TPSA) is 157 Å². The van der Waals surface area contributed by atoms with Crippen LogP contribution in [0.15, 0.2) is 284 Å². The van der Waals surface area contributed by atoms with Gasteiger partial charge in [0.15, 0.2) is 46.3 Å². The molecule has 0 heterocycles. The van der Waals surface area contributed by atoms with Gasteiger partial charge in [-0.15, -0.1) is 0 Å². The molecule has 9 nitrogen and oxygen atoms in total. The van der Waals surface area contributed by atoms with Crippen LogP contribution in [0.25, 0.3) is 12.2 Å². The zero-order chi connectivity index (χ0) is 100.0. The van der Waals surface area contributed by atoms with E-state index in [1.54, 1.807) is 54.5 Å². The van der Waals surface area contributed by atoms with E-state index in [0.29, 0.717) is 40.0 Å². The van der Waals surface area contributed by atoms with Crippen molar-refractivity contribution in [2.45, 2.75) is 278 Å². The lowest BCUT2D eigenvalue weighted by molar-refractivity contribution is 0.0847. The summed E-state index contributed by atoms with van der Waals surface area (Å²) in [6.07, 6.45) is 19.0. The Morgan fingerprint density at radius 2 is 0.705 bits per heavy atom. The van der Waals surface area contributed by atoms with Gasteiger partial charge in [0.1, 0.15) is 0 Å². The molecule has 10 aromatic carbocycles. The lowest BCUT2D eigenvalue weighted by Gasteiger charge is -2.19. The highest BCUT2D eigenvalue weighted by Crippen LogP contribution is 2.36. The molecule has 5 atom stereocenters. The van der Waals surface area contributed by atoms with E-state index in [-0.39, 0.29) is 52.8 Å². The van der Waals surface area contributed by atoms with Gasteiger partial charge in [-0.25, -0.2) is 0 Å². The molecule has 0 fully saturated rings. The Bertz CT molecular complexity index is 5100. The second-order valence-electron chi connectivity index (χ2n) is 30.6. The minimum absolute atomic E-state index is 0.0457. The molecule has 710 valence electrons. The van der Waals surface area contributed by atoms with Crippen LogP contribution in [0.5, 0.6) is 0 Å². The molecule has 19 rings (SSSR count). The van der Waals surface area contributed by atoms with Gasteiger partial charge in [-0.3, -0.25) is 38.4 Å². The smallest absolute Gasteiger partial charge is 0.189 e. The summed E-state index contributed by atoms with van der Waals surface area (Å²) in [5.74, 6) is 2.63. The first-order chi connectivity index (χ1) is 64.0. The minimum Gasteiger partial charge on any atom is -0.388 e. The van der Waals surface area contributed by atoms with E-state index >= 15 is 0 Å². The molecule has 132 heavy (non-hydrogen) atoms. The van der Waals surface area contributed by atoms with Crippen LogP contribution < -0.4 is 0 Å². The van der Waals surface area contributed by atoms with E-state index in [9.17, 15) is 43.5 Å². The summed E-state index contributed by atoms with van der Waals surface area (Å²) in [5, 5.41) is 9.65. The second kappa shape index (κ2) is 69.4. The quantitative estimate of drug-likeness (QED) is 0.0770. The van der Waals surface area contributed by atoms with Gasteiger partial charge in [-0.2, -0.15) is 0 Å². The Labute approximate surface area is 799 Å². The van der Waals surface area contributed by atoms with Crippen LogP contribution in [-0.2, 0) is 51.4 Å². The normalized spacial score (nSPS) is 16.2. The number of hydrogen-bond donors (Lipinski definition) is 1. The molecule has 9 aliphatic rings. The number of aliphatic hydroxyl groups excluding tert-OH is 1. The van der Waals surface area contributed by atoms with Crippen molar-refractivity contribution in [3.8, 4) is 0 Å². The number of Topliss-reactive ketones (excluding diaryl/α,β-unsaturated/α-hetero) is 7. The summed E-state index contributed by atoms with van der Waals surface area (Å²) in [6.45, 7) is 61.7. The van der Waals surface area contributed by atoms with Crippen LogP contribution in [0.4, 0.5) is 0 Å². The van der Waals surface area contributed by atoms with Gasteiger partial charge < -0.3 is 5.11 Å². The number of ketones is 8. The van der Waals surface area contributed by atoms with Gasteiger partial charge in [-0.05, 0) is 188 Å². The predicted molar refractivity (Wildman–Crippen MR) is 567 cm³/mol. The third-order valence-corrected chi connectivity index (χ3v) is 21.8. The van der Waals surface area contributed by atoms with Crippen molar-refractivity contribution in [3.05, 3.63) is 390 Å². The number of hydrogen-bond acceptors (Lipinski definition) is 9. The Balaban J connectivity index is 0.00000141. The molecule has 9 aliphatic carbocycles. The number of allylic oxidation sites excluding steroid dienone is 5. The number of rotatable bonds is 2. The highest BCUT2D eigenvalue weighted by molar-refractivity contribution is 6.26. The predicted octanol–water partition coefficient (Wildman–Crippen LogP) is 33.0. The van der Waals surface area contributed by atoms with Gasteiger partial charge >= 0.3 is 0 Å². The van der Waals surface area contributed by atoms with Crippen molar-refractivity contribution in [1.29, 1.82) is 0 Å². The first-order valence-corrected chi connectivity index (χ1v) is 49.5. The summed E-state index contributed by atoms with van der Waals surface area (Å²) >= 11 is 0. The van der Waals surface area contributed by atoms with Crippen molar-refractivity contribution >= 4 is 58.4 Å². The number of benzene rings is 10. The number of aliphatic hydroxyl groups is 1. The molecule has 0 saturated carbocycles. The highest BCUT2D eigenvalue weighted by atomic mass is 16.3. The van der Waals surface area contributed by atoms with Crippen molar-refractivity contribution in [1.82, 2.24) is 0 Å². The molecule has 9 heteroatoms. The van der Waals surface area contributed by atoms with Gasteiger partial charge in [0.2, 0.25) is 0 Å². The molecule has 0 radical (unpaired) electrons. The molecule has 0 bridgehead atoms. The standard InChI is InChI=1S/C12H14O.C11H12O.C10H8O2.C10H12O.C10H10O.2C10H8O.C10H10O.C10H12.C10H10.10C2H6/c1-9-5-4-7-10-6-2-3-8-11(10)12(9)13;1-8-6-7-9-4-2-3-5-10(9)11(8)12;1-6-9(11)7-4-2-3-5-8(7)10(6)12;4*1-7-6-8-4-2-3-5-9(8)10(7)11;1-2-6-10(11)9-7-4-3-5-8-9;2*1-8-6-9-4-2-3-5-10(9)7-8;10*1-2/h2-3,6,8-9H,4-5,7H2,1H3;2-5,8H,6-7H2,1H3;2-6H,1H3;2-5,7,10-11H,6H2,1H3;2-5,7H,6H2,1H3;2-6H,1H3;2-5H,1,6H2;2-8H,1H3;2-5,8H,6-7H2,1H3;2-6H,7H2,1H3;10*1-2H3/b;;;;;;;6-2+;;;;;;;;;;;;. The van der Waals surface area contributed by atoms with E-state index in [4.69, 9.17) is 0 Å². The van der Waals surface area contributed by atoms with Crippen molar-refractivity contribution < 1.29 is 43.5 Å². The van der Waals surface area contributed by atoms with Crippen LogP contribution in [0.3, 0.4) is 0 Å². The fourth-order valence-corrected chi connectivity index (χ4v) is 15.4. The first kappa shape index (κ1) is 120. The Morgan fingerprint density at radius 1 is 0.333 bits per heavy atom. The largest absolute Gasteiger partial charge is 0.388 e. The van der Waals surface area contributed by atoms with Crippen molar-refractivity contribution in [2.24, 2.45) is 35.5 Å². The molecular formula is C123H164O9.